The lowest BCUT2D eigenvalue weighted by molar-refractivity contribution is 0.0472. The standard InChI is InChI=1S/C17H27NOS/c1-5-18-16(15-12-20-11-10-19-15)13-6-8-14(9-7-13)17(2,3)4/h6-9,15-16,18H,5,10-12H2,1-4H3. The monoisotopic (exact) mass is 293 g/mol. The zero-order valence-electron chi connectivity index (χ0n) is 13.1. The summed E-state index contributed by atoms with van der Waals surface area (Å²) in [7, 11) is 0. The lowest BCUT2D eigenvalue weighted by Gasteiger charge is -2.31. The van der Waals surface area contributed by atoms with Crippen LogP contribution in [-0.2, 0) is 10.2 Å². The van der Waals surface area contributed by atoms with Crippen molar-refractivity contribution in [2.75, 3.05) is 24.7 Å². The number of nitrogens with one attached hydrogen (secondary N) is 1. The molecule has 1 aliphatic rings. The van der Waals surface area contributed by atoms with Crippen molar-refractivity contribution in [1.82, 2.24) is 5.32 Å². The summed E-state index contributed by atoms with van der Waals surface area (Å²) in [5.74, 6) is 2.21. The Bertz CT molecular complexity index is 404. The molecule has 1 fully saturated rings. The maximum absolute atomic E-state index is 5.96. The van der Waals surface area contributed by atoms with E-state index in [9.17, 15) is 0 Å². The number of likely N-dealkylation sites (N-methyl/N-ethyl adjacent to an activating group) is 1. The molecule has 1 heterocycles. The van der Waals surface area contributed by atoms with E-state index in [4.69, 9.17) is 4.74 Å². The van der Waals surface area contributed by atoms with Gasteiger partial charge in [0.2, 0.25) is 0 Å². The first kappa shape index (κ1) is 15.9. The second-order valence-electron chi connectivity index (χ2n) is 6.39. The highest BCUT2D eigenvalue weighted by Crippen LogP contribution is 2.28. The Balaban J connectivity index is 2.16. The van der Waals surface area contributed by atoms with Crippen molar-refractivity contribution in [2.24, 2.45) is 0 Å². The van der Waals surface area contributed by atoms with Crippen molar-refractivity contribution in [1.29, 1.82) is 0 Å². The highest BCUT2D eigenvalue weighted by atomic mass is 32.2. The van der Waals surface area contributed by atoms with Gasteiger partial charge in [-0.05, 0) is 23.1 Å². The molecule has 1 saturated heterocycles. The van der Waals surface area contributed by atoms with Crippen LogP contribution in [0.3, 0.4) is 0 Å². The summed E-state index contributed by atoms with van der Waals surface area (Å²) >= 11 is 1.99. The van der Waals surface area contributed by atoms with E-state index in [0.717, 1.165) is 24.7 Å². The van der Waals surface area contributed by atoms with Crippen LogP contribution in [0.4, 0.5) is 0 Å². The summed E-state index contributed by atoms with van der Waals surface area (Å²) in [5, 5.41) is 3.59. The van der Waals surface area contributed by atoms with E-state index in [0.29, 0.717) is 6.04 Å². The fraction of sp³-hybridized carbons (Fsp3) is 0.647. The molecule has 3 heteroatoms. The van der Waals surface area contributed by atoms with E-state index in [1.165, 1.54) is 11.1 Å². The molecule has 0 spiro atoms. The molecule has 112 valence electrons. The van der Waals surface area contributed by atoms with Gasteiger partial charge in [-0.2, -0.15) is 11.8 Å². The third kappa shape index (κ3) is 4.00. The molecular weight excluding hydrogens is 266 g/mol. The first-order valence-electron chi connectivity index (χ1n) is 7.55. The smallest absolute Gasteiger partial charge is 0.0860 e. The molecule has 1 aromatic carbocycles. The van der Waals surface area contributed by atoms with Gasteiger partial charge >= 0.3 is 0 Å². The van der Waals surface area contributed by atoms with E-state index in [2.05, 4.69) is 57.3 Å². The van der Waals surface area contributed by atoms with Crippen LogP contribution in [-0.4, -0.2) is 30.8 Å². The molecule has 0 saturated carbocycles. The van der Waals surface area contributed by atoms with Gasteiger partial charge in [-0.3, -0.25) is 0 Å². The molecule has 0 aromatic heterocycles. The summed E-state index contributed by atoms with van der Waals surface area (Å²) < 4.78 is 5.96. The zero-order chi connectivity index (χ0) is 14.6. The predicted molar refractivity (Wildman–Crippen MR) is 88.6 cm³/mol. The van der Waals surface area contributed by atoms with Gasteiger partial charge in [0.1, 0.15) is 0 Å². The van der Waals surface area contributed by atoms with Crippen molar-refractivity contribution >= 4 is 11.8 Å². The van der Waals surface area contributed by atoms with Crippen LogP contribution >= 0.6 is 11.8 Å². The zero-order valence-corrected chi connectivity index (χ0v) is 13.9. The van der Waals surface area contributed by atoms with Crippen LogP contribution in [0.15, 0.2) is 24.3 Å². The third-order valence-corrected chi connectivity index (χ3v) is 4.79. The van der Waals surface area contributed by atoms with Crippen molar-refractivity contribution in [3.8, 4) is 0 Å². The lowest BCUT2D eigenvalue weighted by atomic mass is 9.86. The number of hydrogen-bond acceptors (Lipinski definition) is 3. The first-order chi connectivity index (χ1) is 9.52. The number of thioether (sulfide) groups is 1. The molecule has 0 aliphatic carbocycles. The molecule has 0 amide bonds. The summed E-state index contributed by atoms with van der Waals surface area (Å²) in [6.07, 6.45) is 0.286. The van der Waals surface area contributed by atoms with Crippen LogP contribution in [0.1, 0.15) is 44.9 Å². The normalized spacial score (nSPS) is 21.7. The van der Waals surface area contributed by atoms with Crippen LogP contribution in [0.5, 0.6) is 0 Å². The van der Waals surface area contributed by atoms with Crippen LogP contribution in [0, 0.1) is 0 Å². The summed E-state index contributed by atoms with van der Waals surface area (Å²) in [6, 6.07) is 9.35. The number of benzene rings is 1. The van der Waals surface area contributed by atoms with Gasteiger partial charge in [-0.1, -0.05) is 52.0 Å². The van der Waals surface area contributed by atoms with E-state index in [1.807, 2.05) is 11.8 Å². The van der Waals surface area contributed by atoms with E-state index in [-0.39, 0.29) is 11.5 Å². The second-order valence-corrected chi connectivity index (χ2v) is 7.54. The Kier molecular flexibility index (Phi) is 5.53. The van der Waals surface area contributed by atoms with E-state index >= 15 is 0 Å². The molecule has 2 rings (SSSR count). The van der Waals surface area contributed by atoms with Gasteiger partial charge in [-0.25, -0.2) is 0 Å². The summed E-state index contributed by atoms with van der Waals surface area (Å²) in [5.41, 5.74) is 2.94. The fourth-order valence-corrected chi connectivity index (χ4v) is 3.47. The summed E-state index contributed by atoms with van der Waals surface area (Å²) in [6.45, 7) is 10.8. The van der Waals surface area contributed by atoms with E-state index in [1.54, 1.807) is 0 Å². The quantitative estimate of drug-likeness (QED) is 0.913. The minimum Gasteiger partial charge on any atom is -0.375 e. The highest BCUT2D eigenvalue weighted by Gasteiger charge is 2.26. The molecule has 1 N–H and O–H groups in total. The Hall–Kier alpha value is -0.510. The lowest BCUT2D eigenvalue weighted by Crippen LogP contribution is -2.38. The van der Waals surface area contributed by atoms with Gasteiger partial charge in [0.15, 0.2) is 0 Å². The SMILES string of the molecule is CCNC(c1ccc(C(C)(C)C)cc1)C1CSCCO1. The molecule has 2 atom stereocenters. The number of ether oxygens (including phenoxy) is 1. The van der Waals surface area contributed by atoms with Gasteiger partial charge in [0, 0.05) is 11.5 Å². The Morgan fingerprint density at radius 1 is 1.30 bits per heavy atom. The molecule has 2 nitrogen and oxygen atoms in total. The van der Waals surface area contributed by atoms with Gasteiger partial charge in [0.25, 0.3) is 0 Å². The Morgan fingerprint density at radius 2 is 2.00 bits per heavy atom. The Morgan fingerprint density at radius 3 is 2.50 bits per heavy atom. The fourth-order valence-electron chi connectivity index (χ4n) is 2.57. The van der Waals surface area contributed by atoms with Crippen LogP contribution in [0.2, 0.25) is 0 Å². The van der Waals surface area contributed by atoms with E-state index < -0.39 is 0 Å². The minimum absolute atomic E-state index is 0.212. The van der Waals surface area contributed by atoms with Crippen LogP contribution in [0.25, 0.3) is 0 Å². The molecule has 0 bridgehead atoms. The molecule has 0 radical (unpaired) electrons. The largest absolute Gasteiger partial charge is 0.375 e. The number of rotatable bonds is 4. The minimum atomic E-state index is 0.212. The number of hydrogen-bond donors (Lipinski definition) is 1. The van der Waals surface area contributed by atoms with Crippen LogP contribution < -0.4 is 5.32 Å². The Labute approximate surface area is 127 Å². The van der Waals surface area contributed by atoms with Crippen molar-refractivity contribution in [3.05, 3.63) is 35.4 Å². The third-order valence-electron chi connectivity index (χ3n) is 3.77. The second kappa shape index (κ2) is 6.97. The van der Waals surface area contributed by atoms with Gasteiger partial charge in [0.05, 0.1) is 18.8 Å². The average molecular weight is 293 g/mol. The predicted octanol–water partition coefficient (Wildman–Crippen LogP) is 3.77. The van der Waals surface area contributed by atoms with Crippen molar-refractivity contribution < 1.29 is 4.74 Å². The molecule has 1 aliphatic heterocycles. The first-order valence-corrected chi connectivity index (χ1v) is 8.71. The topological polar surface area (TPSA) is 21.3 Å². The average Bonchev–Trinajstić information content (AvgIpc) is 2.45. The van der Waals surface area contributed by atoms with Gasteiger partial charge in [-0.15, -0.1) is 0 Å². The summed E-state index contributed by atoms with van der Waals surface area (Å²) in [4.78, 5) is 0. The highest BCUT2D eigenvalue weighted by molar-refractivity contribution is 7.99. The maximum atomic E-state index is 5.96. The van der Waals surface area contributed by atoms with Crippen molar-refractivity contribution in [2.45, 2.75) is 45.3 Å². The maximum Gasteiger partial charge on any atom is 0.0860 e. The molecule has 20 heavy (non-hydrogen) atoms. The van der Waals surface area contributed by atoms with Gasteiger partial charge < -0.3 is 10.1 Å². The molecule has 1 aromatic rings. The molecular formula is C17H27NOS. The van der Waals surface area contributed by atoms with Crippen molar-refractivity contribution in [3.63, 3.8) is 0 Å². The molecule has 2 unspecified atom stereocenters.